The largest absolute Gasteiger partial charge is 0.347 e. The van der Waals surface area contributed by atoms with Crippen molar-refractivity contribution in [2.24, 2.45) is 0 Å². The van der Waals surface area contributed by atoms with E-state index in [1.54, 1.807) is 0 Å². The first-order valence-electron chi connectivity index (χ1n) is 9.30. The summed E-state index contributed by atoms with van der Waals surface area (Å²) in [6.45, 7) is 3.87. The van der Waals surface area contributed by atoms with E-state index in [-0.39, 0.29) is 24.4 Å². The molecule has 1 heterocycles. The predicted octanol–water partition coefficient (Wildman–Crippen LogP) is 0.918. The molecule has 2 rings (SSSR count). The number of rotatable bonds is 5. The van der Waals surface area contributed by atoms with Crippen LogP contribution in [0.1, 0.15) is 45.4 Å². The lowest BCUT2D eigenvalue weighted by atomic mass is 9.86. The zero-order chi connectivity index (χ0) is 17.7. The second kappa shape index (κ2) is 8.81. The van der Waals surface area contributed by atoms with Crippen molar-refractivity contribution in [1.29, 1.82) is 0 Å². The summed E-state index contributed by atoms with van der Waals surface area (Å²) in [4.78, 5) is 30.3. The molecule has 2 fully saturated rings. The van der Waals surface area contributed by atoms with Crippen molar-refractivity contribution < 1.29 is 9.59 Å². The molecule has 0 aromatic carbocycles. The summed E-state index contributed by atoms with van der Waals surface area (Å²) in [6, 6.07) is 1.30. The van der Waals surface area contributed by atoms with Gasteiger partial charge in [0.2, 0.25) is 11.8 Å². The molecule has 138 valence electrons. The van der Waals surface area contributed by atoms with Crippen molar-refractivity contribution in [2.45, 2.75) is 63.6 Å². The van der Waals surface area contributed by atoms with E-state index in [2.05, 4.69) is 29.2 Å². The van der Waals surface area contributed by atoms with Gasteiger partial charge in [-0.15, -0.1) is 0 Å². The molecule has 1 N–H and O–H groups in total. The van der Waals surface area contributed by atoms with Crippen LogP contribution in [0.4, 0.5) is 0 Å². The number of nitrogens with zero attached hydrogens (tertiary/aromatic N) is 3. The summed E-state index contributed by atoms with van der Waals surface area (Å²) >= 11 is 0. The highest BCUT2D eigenvalue weighted by Gasteiger charge is 2.36. The molecule has 2 amide bonds. The lowest BCUT2D eigenvalue weighted by Crippen LogP contribution is -2.57. The van der Waals surface area contributed by atoms with Gasteiger partial charge in [-0.3, -0.25) is 14.5 Å². The smallest absolute Gasteiger partial charge is 0.242 e. The summed E-state index contributed by atoms with van der Waals surface area (Å²) < 4.78 is 0. The Morgan fingerprint density at radius 1 is 1.04 bits per heavy atom. The zero-order valence-electron chi connectivity index (χ0n) is 15.8. The Morgan fingerprint density at radius 3 is 2.21 bits per heavy atom. The number of likely N-dealkylation sites (tertiary alicyclic amines) is 1. The molecule has 6 heteroatoms. The Bertz CT molecular complexity index is 435. The molecule has 0 aromatic heterocycles. The van der Waals surface area contributed by atoms with Crippen LogP contribution in [-0.4, -0.2) is 85.4 Å². The van der Waals surface area contributed by atoms with Crippen LogP contribution < -0.4 is 5.32 Å². The molecule has 24 heavy (non-hydrogen) atoms. The fourth-order valence-corrected chi connectivity index (χ4v) is 4.20. The number of carbonyl (C=O) groups is 2. The summed E-state index contributed by atoms with van der Waals surface area (Å²) in [6.07, 6.45) is 7.06. The molecule has 0 unspecified atom stereocenters. The molecule has 0 spiro atoms. The van der Waals surface area contributed by atoms with E-state index in [1.165, 1.54) is 32.6 Å². The molecular weight excluding hydrogens is 304 g/mol. The second-order valence-electron chi connectivity index (χ2n) is 7.53. The van der Waals surface area contributed by atoms with E-state index in [0.29, 0.717) is 12.1 Å². The highest BCUT2D eigenvalue weighted by molar-refractivity contribution is 5.83. The minimum Gasteiger partial charge on any atom is -0.347 e. The Labute approximate surface area is 146 Å². The molecule has 2 aliphatic rings. The molecule has 0 bridgehead atoms. The lowest BCUT2D eigenvalue weighted by Gasteiger charge is -2.46. The Balaban J connectivity index is 1.98. The number of amides is 2. The van der Waals surface area contributed by atoms with Gasteiger partial charge in [-0.2, -0.15) is 0 Å². The van der Waals surface area contributed by atoms with Gasteiger partial charge in [-0.05, 0) is 52.9 Å². The van der Waals surface area contributed by atoms with Gasteiger partial charge < -0.3 is 15.1 Å². The predicted molar refractivity (Wildman–Crippen MR) is 95.8 cm³/mol. The third-order valence-corrected chi connectivity index (χ3v) is 5.86. The minimum atomic E-state index is -0.152. The van der Waals surface area contributed by atoms with Crippen molar-refractivity contribution in [3.05, 3.63) is 0 Å². The first kappa shape index (κ1) is 19.2. The Kier molecular flexibility index (Phi) is 7.04. The maximum atomic E-state index is 12.4. The van der Waals surface area contributed by atoms with Crippen molar-refractivity contribution in [1.82, 2.24) is 20.0 Å². The molecule has 0 radical (unpaired) electrons. The van der Waals surface area contributed by atoms with Crippen LogP contribution in [-0.2, 0) is 9.59 Å². The van der Waals surface area contributed by atoms with Crippen LogP contribution in [0.25, 0.3) is 0 Å². The van der Waals surface area contributed by atoms with Crippen LogP contribution >= 0.6 is 0 Å². The van der Waals surface area contributed by atoms with E-state index in [0.717, 1.165) is 25.9 Å². The lowest BCUT2D eigenvalue weighted by molar-refractivity contribution is -0.135. The van der Waals surface area contributed by atoms with Crippen LogP contribution in [0.5, 0.6) is 0 Å². The summed E-state index contributed by atoms with van der Waals surface area (Å²) in [5.41, 5.74) is 0. The zero-order valence-corrected chi connectivity index (χ0v) is 15.8. The van der Waals surface area contributed by atoms with Crippen LogP contribution in [0.2, 0.25) is 0 Å². The van der Waals surface area contributed by atoms with Gasteiger partial charge in [0.1, 0.15) is 0 Å². The first-order chi connectivity index (χ1) is 11.4. The maximum absolute atomic E-state index is 12.4. The van der Waals surface area contributed by atoms with E-state index >= 15 is 0 Å². The number of hydrogen-bond donors (Lipinski definition) is 1. The van der Waals surface area contributed by atoms with Gasteiger partial charge in [0, 0.05) is 32.1 Å². The average Bonchev–Trinajstić information content (AvgIpc) is 2.59. The third kappa shape index (κ3) is 4.93. The van der Waals surface area contributed by atoms with Gasteiger partial charge in [0.15, 0.2) is 0 Å². The minimum absolute atomic E-state index is 0.0128. The summed E-state index contributed by atoms with van der Waals surface area (Å²) in [7, 11) is 6.33. The molecule has 0 aromatic rings. The fourth-order valence-electron chi connectivity index (χ4n) is 4.20. The number of piperidine rings is 1. The quantitative estimate of drug-likeness (QED) is 0.810. The van der Waals surface area contributed by atoms with Crippen molar-refractivity contribution >= 4 is 11.8 Å². The van der Waals surface area contributed by atoms with Gasteiger partial charge in [0.05, 0.1) is 6.54 Å². The average molecular weight is 338 g/mol. The Hall–Kier alpha value is -1.14. The number of hydrogen-bond acceptors (Lipinski definition) is 4. The van der Waals surface area contributed by atoms with E-state index in [4.69, 9.17) is 0 Å². The highest BCUT2D eigenvalue weighted by atomic mass is 16.2. The van der Waals surface area contributed by atoms with Crippen LogP contribution in [0.15, 0.2) is 0 Å². The van der Waals surface area contributed by atoms with E-state index in [9.17, 15) is 9.59 Å². The number of carbonyl (C=O) groups excluding carboxylic acids is 2. The third-order valence-electron chi connectivity index (χ3n) is 5.86. The second-order valence-corrected chi connectivity index (χ2v) is 7.53. The molecule has 1 saturated heterocycles. The van der Waals surface area contributed by atoms with Gasteiger partial charge in [-0.1, -0.05) is 12.8 Å². The summed E-state index contributed by atoms with van der Waals surface area (Å²) in [5.74, 6) is -0.140. The highest BCUT2D eigenvalue weighted by Crippen LogP contribution is 2.29. The molecule has 2 atom stereocenters. The first-order valence-corrected chi connectivity index (χ1v) is 9.30. The van der Waals surface area contributed by atoms with Gasteiger partial charge in [-0.25, -0.2) is 0 Å². The molecule has 1 saturated carbocycles. The molecule has 1 aliphatic heterocycles. The molecule has 6 nitrogen and oxygen atoms in total. The van der Waals surface area contributed by atoms with Crippen molar-refractivity contribution in [3.8, 4) is 0 Å². The van der Waals surface area contributed by atoms with Crippen molar-refractivity contribution in [3.63, 3.8) is 0 Å². The monoisotopic (exact) mass is 338 g/mol. The molecule has 1 aliphatic carbocycles. The van der Waals surface area contributed by atoms with E-state index < -0.39 is 0 Å². The Morgan fingerprint density at radius 2 is 1.62 bits per heavy atom. The topological polar surface area (TPSA) is 55.9 Å². The standard InChI is InChI=1S/C18H34N4O2/c1-14(23)19-13-18(24)22(4)17-8-6-5-7-16(17)21(3)15-9-11-20(2)12-10-15/h15-17H,5-13H2,1-4H3,(H,19,23)/t16-,17-/m1/s1. The SMILES string of the molecule is CC(=O)NCC(=O)N(C)[C@@H]1CCCC[C@H]1N(C)C1CCN(C)CC1. The van der Waals surface area contributed by atoms with Gasteiger partial charge >= 0.3 is 0 Å². The van der Waals surface area contributed by atoms with E-state index in [1.807, 2.05) is 11.9 Å². The van der Waals surface area contributed by atoms with Crippen molar-refractivity contribution in [2.75, 3.05) is 40.8 Å². The van der Waals surface area contributed by atoms with Crippen LogP contribution in [0.3, 0.4) is 0 Å². The number of nitrogens with one attached hydrogen (secondary N) is 1. The van der Waals surface area contributed by atoms with Crippen LogP contribution in [0, 0.1) is 0 Å². The number of likely N-dealkylation sites (N-methyl/N-ethyl adjacent to an activating group) is 2. The molecular formula is C18H34N4O2. The summed E-state index contributed by atoms with van der Waals surface area (Å²) in [5, 5.41) is 2.63. The normalized spacial score (nSPS) is 26.4. The fraction of sp³-hybridized carbons (Fsp3) is 0.889. The van der Waals surface area contributed by atoms with Gasteiger partial charge in [0.25, 0.3) is 0 Å². The maximum Gasteiger partial charge on any atom is 0.242 e.